The number of hydrogen-bond donors (Lipinski definition) is 0. The molecule has 22 heavy (non-hydrogen) atoms. The minimum atomic E-state index is -0.256. The van der Waals surface area contributed by atoms with Crippen molar-refractivity contribution in [3.8, 4) is 0 Å². The van der Waals surface area contributed by atoms with Crippen molar-refractivity contribution in [1.29, 1.82) is 0 Å². The zero-order valence-corrected chi connectivity index (χ0v) is 14.5. The summed E-state index contributed by atoms with van der Waals surface area (Å²) in [5, 5.41) is 8.25. The van der Waals surface area contributed by atoms with Crippen LogP contribution in [0.2, 0.25) is 0 Å². The lowest BCUT2D eigenvalue weighted by Gasteiger charge is -2.36. The number of morpholine rings is 1. The Morgan fingerprint density at radius 2 is 2.23 bits per heavy atom. The van der Waals surface area contributed by atoms with Gasteiger partial charge in [-0.3, -0.25) is 4.79 Å². The molecule has 2 fully saturated rings. The largest absolute Gasteiger partial charge is 0.423 e. The van der Waals surface area contributed by atoms with Gasteiger partial charge in [0.25, 0.3) is 0 Å². The van der Waals surface area contributed by atoms with Crippen molar-refractivity contribution in [2.45, 2.75) is 31.1 Å². The van der Waals surface area contributed by atoms with Crippen LogP contribution < -0.4 is 0 Å². The highest BCUT2D eigenvalue weighted by molar-refractivity contribution is 8.07. The van der Waals surface area contributed by atoms with E-state index in [1.54, 1.807) is 11.8 Å². The SMILES string of the molecule is CC(C)c1nnc([C@@H]2COCCN2C(=O)[C@@H]2CSCCS2)o1. The van der Waals surface area contributed by atoms with E-state index >= 15 is 0 Å². The third kappa shape index (κ3) is 3.44. The van der Waals surface area contributed by atoms with Crippen molar-refractivity contribution >= 4 is 29.4 Å². The number of carbonyl (C=O) groups excluding carboxylic acids is 1. The summed E-state index contributed by atoms with van der Waals surface area (Å²) in [7, 11) is 0. The van der Waals surface area contributed by atoms with E-state index in [0.29, 0.717) is 31.5 Å². The van der Waals surface area contributed by atoms with E-state index in [4.69, 9.17) is 9.15 Å². The van der Waals surface area contributed by atoms with Gasteiger partial charge < -0.3 is 14.1 Å². The molecule has 0 aliphatic carbocycles. The van der Waals surface area contributed by atoms with Gasteiger partial charge in [-0.1, -0.05) is 13.8 Å². The van der Waals surface area contributed by atoms with Crippen LogP contribution in [0.15, 0.2) is 4.42 Å². The van der Waals surface area contributed by atoms with Crippen LogP contribution in [0, 0.1) is 0 Å². The smallest absolute Gasteiger partial charge is 0.241 e. The highest BCUT2D eigenvalue weighted by Crippen LogP contribution is 2.30. The summed E-state index contributed by atoms with van der Waals surface area (Å²) >= 11 is 3.60. The molecule has 0 radical (unpaired) electrons. The Bertz CT molecular complexity index is 517. The molecular formula is C14H21N3O3S2. The van der Waals surface area contributed by atoms with Crippen molar-refractivity contribution < 1.29 is 13.9 Å². The average molecular weight is 343 g/mol. The van der Waals surface area contributed by atoms with E-state index < -0.39 is 0 Å². The van der Waals surface area contributed by atoms with Gasteiger partial charge in [-0.2, -0.15) is 11.8 Å². The highest BCUT2D eigenvalue weighted by Gasteiger charge is 2.36. The van der Waals surface area contributed by atoms with E-state index in [1.807, 2.05) is 30.5 Å². The Hall–Kier alpha value is -0.730. The normalized spacial score (nSPS) is 26.4. The van der Waals surface area contributed by atoms with Gasteiger partial charge in [0.15, 0.2) is 0 Å². The van der Waals surface area contributed by atoms with Crippen LogP contribution >= 0.6 is 23.5 Å². The van der Waals surface area contributed by atoms with Gasteiger partial charge in [-0.05, 0) is 0 Å². The van der Waals surface area contributed by atoms with Crippen LogP contribution in [0.1, 0.15) is 37.6 Å². The van der Waals surface area contributed by atoms with Gasteiger partial charge in [0, 0.05) is 29.7 Å². The summed E-state index contributed by atoms with van der Waals surface area (Å²) in [6.45, 7) is 5.60. The van der Waals surface area contributed by atoms with Crippen molar-refractivity contribution in [2.75, 3.05) is 37.0 Å². The molecule has 0 spiro atoms. The summed E-state index contributed by atoms with van der Waals surface area (Å²) in [4.78, 5) is 14.7. The molecule has 2 atom stereocenters. The van der Waals surface area contributed by atoms with Crippen molar-refractivity contribution in [3.05, 3.63) is 11.8 Å². The Balaban J connectivity index is 1.76. The maximum Gasteiger partial charge on any atom is 0.241 e. The third-order valence-electron chi connectivity index (χ3n) is 3.74. The maximum atomic E-state index is 12.8. The summed E-state index contributed by atoms with van der Waals surface area (Å²) in [6, 6.07) is -0.256. The summed E-state index contributed by atoms with van der Waals surface area (Å²) in [5.74, 6) is 4.50. The molecule has 1 aromatic rings. The predicted molar refractivity (Wildman–Crippen MR) is 87.2 cm³/mol. The van der Waals surface area contributed by atoms with Crippen LogP contribution in [-0.2, 0) is 9.53 Å². The first-order valence-corrected chi connectivity index (χ1v) is 9.78. The molecule has 2 aliphatic rings. The number of hydrogen-bond acceptors (Lipinski definition) is 7. The fourth-order valence-electron chi connectivity index (χ4n) is 2.50. The number of ether oxygens (including phenoxy) is 1. The van der Waals surface area contributed by atoms with Gasteiger partial charge in [0.05, 0.1) is 18.5 Å². The Kier molecular flexibility index (Phi) is 5.30. The molecule has 1 aromatic heterocycles. The zero-order valence-electron chi connectivity index (χ0n) is 12.9. The lowest BCUT2D eigenvalue weighted by Crippen LogP contribution is -2.48. The average Bonchev–Trinajstić information content (AvgIpc) is 3.05. The van der Waals surface area contributed by atoms with Gasteiger partial charge in [0.1, 0.15) is 6.04 Å². The van der Waals surface area contributed by atoms with E-state index in [1.165, 1.54) is 0 Å². The molecule has 122 valence electrons. The molecule has 0 saturated carbocycles. The van der Waals surface area contributed by atoms with Crippen LogP contribution in [-0.4, -0.2) is 63.3 Å². The highest BCUT2D eigenvalue weighted by atomic mass is 32.2. The summed E-state index contributed by atoms with van der Waals surface area (Å²) in [6.07, 6.45) is 0. The number of nitrogens with zero attached hydrogens (tertiary/aromatic N) is 3. The maximum absolute atomic E-state index is 12.8. The quantitative estimate of drug-likeness (QED) is 0.831. The van der Waals surface area contributed by atoms with Crippen molar-refractivity contribution in [2.24, 2.45) is 0 Å². The fourth-order valence-corrected chi connectivity index (χ4v) is 5.12. The standard InChI is InChI=1S/C14H21N3O3S2/c1-9(2)12-15-16-13(20-12)10-7-19-4-3-17(10)14(18)11-8-21-5-6-22-11/h9-11H,3-8H2,1-2H3/t10-,11-/m0/s1. The number of rotatable bonds is 3. The third-order valence-corrected chi connectivity index (χ3v) is 6.48. The summed E-state index contributed by atoms with van der Waals surface area (Å²) in [5.41, 5.74) is 0. The van der Waals surface area contributed by atoms with Crippen molar-refractivity contribution in [3.63, 3.8) is 0 Å². The van der Waals surface area contributed by atoms with Gasteiger partial charge >= 0.3 is 0 Å². The molecule has 3 heterocycles. The number of thioether (sulfide) groups is 2. The molecule has 2 aliphatic heterocycles. The monoisotopic (exact) mass is 343 g/mol. The fraction of sp³-hybridized carbons (Fsp3) is 0.786. The van der Waals surface area contributed by atoms with Crippen LogP contribution in [0.4, 0.5) is 0 Å². The van der Waals surface area contributed by atoms with E-state index in [2.05, 4.69) is 10.2 Å². The van der Waals surface area contributed by atoms with Gasteiger partial charge in [0.2, 0.25) is 17.7 Å². The molecule has 0 N–H and O–H groups in total. The Labute approximate surface area is 138 Å². The first kappa shape index (κ1) is 16.1. The van der Waals surface area contributed by atoms with Crippen molar-refractivity contribution in [1.82, 2.24) is 15.1 Å². The second kappa shape index (κ2) is 7.23. The van der Waals surface area contributed by atoms with E-state index in [-0.39, 0.29) is 23.1 Å². The van der Waals surface area contributed by atoms with E-state index in [9.17, 15) is 4.79 Å². The molecule has 0 aromatic carbocycles. The lowest BCUT2D eigenvalue weighted by atomic mass is 10.2. The zero-order chi connectivity index (χ0) is 15.5. The first-order valence-electron chi connectivity index (χ1n) is 7.57. The second-order valence-corrected chi connectivity index (χ2v) is 8.15. The molecule has 8 heteroatoms. The minimum Gasteiger partial charge on any atom is -0.423 e. The lowest BCUT2D eigenvalue weighted by molar-refractivity contribution is -0.140. The second-order valence-electron chi connectivity index (χ2n) is 5.69. The van der Waals surface area contributed by atoms with Crippen LogP contribution in [0.3, 0.4) is 0 Å². The van der Waals surface area contributed by atoms with Crippen LogP contribution in [0.25, 0.3) is 0 Å². The van der Waals surface area contributed by atoms with Gasteiger partial charge in [-0.25, -0.2) is 0 Å². The molecule has 3 rings (SSSR count). The summed E-state index contributed by atoms with van der Waals surface area (Å²) < 4.78 is 11.3. The molecule has 0 unspecified atom stereocenters. The number of amides is 1. The number of carbonyl (C=O) groups is 1. The van der Waals surface area contributed by atoms with Crippen LogP contribution in [0.5, 0.6) is 0 Å². The van der Waals surface area contributed by atoms with E-state index in [0.717, 1.165) is 17.3 Å². The molecule has 6 nitrogen and oxygen atoms in total. The molecular weight excluding hydrogens is 322 g/mol. The van der Waals surface area contributed by atoms with Gasteiger partial charge in [-0.15, -0.1) is 22.0 Å². The Morgan fingerprint density at radius 1 is 1.36 bits per heavy atom. The Morgan fingerprint density at radius 3 is 2.91 bits per heavy atom. The minimum absolute atomic E-state index is 0.0341. The molecule has 0 bridgehead atoms. The first-order chi connectivity index (χ1) is 10.7. The molecule has 2 saturated heterocycles. The topological polar surface area (TPSA) is 68.5 Å². The number of aromatic nitrogens is 2. The molecule has 1 amide bonds. The predicted octanol–water partition coefficient (Wildman–Crippen LogP) is 1.94.